The second-order valence-corrected chi connectivity index (χ2v) is 8.10. The fourth-order valence-electron chi connectivity index (χ4n) is 4.33. The molecule has 0 saturated carbocycles. The van der Waals surface area contributed by atoms with Crippen LogP contribution in [-0.2, 0) is 22.6 Å². The third kappa shape index (κ3) is 4.56. The summed E-state index contributed by atoms with van der Waals surface area (Å²) < 4.78 is 5.44. The number of urea groups is 1. The second kappa shape index (κ2) is 9.37. The molecule has 10 heteroatoms. The SMILES string of the molecule is C=CCNC(=O)N1[C@H]2CN(Cc3ccco3)C(=O)[C@H](Cc3ccc(O)cc3)N2C(=O)CN1C. The zero-order valence-corrected chi connectivity index (χ0v) is 18.4. The molecule has 4 rings (SSSR count). The van der Waals surface area contributed by atoms with Gasteiger partial charge in [-0.1, -0.05) is 18.2 Å². The van der Waals surface area contributed by atoms with E-state index in [1.54, 1.807) is 59.4 Å². The van der Waals surface area contributed by atoms with Crippen molar-refractivity contribution in [3.8, 4) is 5.75 Å². The average Bonchev–Trinajstić information content (AvgIpc) is 3.29. The van der Waals surface area contributed by atoms with E-state index in [4.69, 9.17) is 4.42 Å². The van der Waals surface area contributed by atoms with Crippen LogP contribution in [0.5, 0.6) is 5.75 Å². The Bertz CT molecular complexity index is 1020. The minimum atomic E-state index is -0.806. The number of hydrogen-bond acceptors (Lipinski definition) is 6. The van der Waals surface area contributed by atoms with Gasteiger partial charge in [-0.05, 0) is 29.8 Å². The lowest BCUT2D eigenvalue weighted by Gasteiger charge is -2.54. The summed E-state index contributed by atoms with van der Waals surface area (Å²) in [5.41, 5.74) is 0.791. The number of fused-ring (bicyclic) bond motifs is 1. The fraction of sp³-hybridized carbons (Fsp3) is 0.348. The first-order valence-electron chi connectivity index (χ1n) is 10.7. The molecule has 0 unspecified atom stereocenters. The highest BCUT2D eigenvalue weighted by molar-refractivity contribution is 5.91. The van der Waals surface area contributed by atoms with Crippen LogP contribution in [0.4, 0.5) is 4.79 Å². The van der Waals surface area contributed by atoms with Crippen molar-refractivity contribution in [1.29, 1.82) is 0 Å². The molecule has 3 heterocycles. The highest BCUT2D eigenvalue weighted by Crippen LogP contribution is 2.29. The van der Waals surface area contributed by atoms with Crippen molar-refractivity contribution in [3.05, 3.63) is 66.6 Å². The molecule has 2 aliphatic rings. The normalized spacial score (nSPS) is 21.2. The van der Waals surface area contributed by atoms with Crippen LogP contribution in [0.2, 0.25) is 0 Å². The third-order valence-corrected chi connectivity index (χ3v) is 5.84. The molecular weight excluding hydrogens is 426 g/mol. The van der Waals surface area contributed by atoms with E-state index < -0.39 is 12.2 Å². The predicted molar refractivity (Wildman–Crippen MR) is 118 cm³/mol. The molecule has 2 N–H and O–H groups in total. The number of rotatable bonds is 6. The number of nitrogens with one attached hydrogen (secondary N) is 1. The van der Waals surface area contributed by atoms with E-state index in [0.717, 1.165) is 5.56 Å². The lowest BCUT2D eigenvalue weighted by molar-refractivity contribution is -0.187. The number of benzene rings is 1. The van der Waals surface area contributed by atoms with Crippen LogP contribution < -0.4 is 5.32 Å². The Hall–Kier alpha value is -3.79. The van der Waals surface area contributed by atoms with E-state index in [2.05, 4.69) is 11.9 Å². The highest BCUT2D eigenvalue weighted by Gasteiger charge is 2.50. The lowest BCUT2D eigenvalue weighted by Crippen LogP contribution is -2.76. The van der Waals surface area contributed by atoms with Gasteiger partial charge in [-0.2, -0.15) is 0 Å². The molecule has 2 aromatic rings. The second-order valence-electron chi connectivity index (χ2n) is 8.10. The predicted octanol–water partition coefficient (Wildman–Crippen LogP) is 1.15. The summed E-state index contributed by atoms with van der Waals surface area (Å²) in [6.45, 7) is 4.23. The van der Waals surface area contributed by atoms with E-state index in [9.17, 15) is 19.5 Å². The number of carbonyl (C=O) groups excluding carboxylic acids is 3. The van der Waals surface area contributed by atoms with Crippen molar-refractivity contribution < 1.29 is 23.9 Å². The van der Waals surface area contributed by atoms with E-state index >= 15 is 0 Å². The molecule has 4 amide bonds. The Morgan fingerprint density at radius 1 is 1.27 bits per heavy atom. The average molecular weight is 453 g/mol. The van der Waals surface area contributed by atoms with Gasteiger partial charge in [0.25, 0.3) is 0 Å². The molecule has 0 spiro atoms. The number of likely N-dealkylation sites (N-methyl/N-ethyl adjacent to an activating group) is 1. The molecule has 10 nitrogen and oxygen atoms in total. The zero-order valence-electron chi connectivity index (χ0n) is 18.4. The van der Waals surface area contributed by atoms with Crippen LogP contribution in [0.25, 0.3) is 0 Å². The number of phenols is 1. The zero-order chi connectivity index (χ0) is 23.5. The Morgan fingerprint density at radius 2 is 2.03 bits per heavy atom. The summed E-state index contributed by atoms with van der Waals surface area (Å²) in [4.78, 5) is 42.8. The summed E-state index contributed by atoms with van der Waals surface area (Å²) >= 11 is 0. The smallest absolute Gasteiger partial charge is 0.334 e. The summed E-state index contributed by atoms with van der Waals surface area (Å²) in [5.74, 6) is 0.273. The van der Waals surface area contributed by atoms with Crippen molar-refractivity contribution in [1.82, 2.24) is 25.1 Å². The molecule has 2 saturated heterocycles. The molecule has 2 fully saturated rings. The number of nitrogens with zero attached hydrogens (tertiary/aromatic N) is 4. The molecule has 2 aliphatic heterocycles. The maximum absolute atomic E-state index is 13.5. The Balaban J connectivity index is 1.69. The number of amides is 4. The van der Waals surface area contributed by atoms with Gasteiger partial charge in [0, 0.05) is 20.0 Å². The van der Waals surface area contributed by atoms with Gasteiger partial charge >= 0.3 is 6.03 Å². The van der Waals surface area contributed by atoms with Gasteiger partial charge in [0.2, 0.25) is 11.8 Å². The number of aromatic hydroxyl groups is 1. The Morgan fingerprint density at radius 3 is 2.70 bits per heavy atom. The molecular formula is C23H27N5O5. The quantitative estimate of drug-likeness (QED) is 0.635. The summed E-state index contributed by atoms with van der Waals surface area (Å²) in [6, 6.07) is 8.87. The number of phenolic OH excluding ortho intramolecular Hbond substituents is 1. The molecule has 33 heavy (non-hydrogen) atoms. The summed E-state index contributed by atoms with van der Waals surface area (Å²) in [5, 5.41) is 15.4. The van der Waals surface area contributed by atoms with E-state index in [1.165, 1.54) is 16.2 Å². The largest absolute Gasteiger partial charge is 0.508 e. The lowest BCUT2D eigenvalue weighted by atomic mass is 9.98. The van der Waals surface area contributed by atoms with Crippen molar-refractivity contribution in [2.24, 2.45) is 0 Å². The van der Waals surface area contributed by atoms with Crippen molar-refractivity contribution in [2.75, 3.05) is 26.7 Å². The maximum Gasteiger partial charge on any atom is 0.334 e. The van der Waals surface area contributed by atoms with Crippen LogP contribution in [0.1, 0.15) is 11.3 Å². The first-order valence-corrected chi connectivity index (χ1v) is 10.7. The van der Waals surface area contributed by atoms with Crippen LogP contribution in [0.15, 0.2) is 59.7 Å². The van der Waals surface area contributed by atoms with E-state index in [0.29, 0.717) is 5.76 Å². The van der Waals surface area contributed by atoms with Gasteiger partial charge in [0.15, 0.2) is 0 Å². The standard InChI is InChI=1S/C23H27N5O5/c1-3-10-24-23(32)28-20-14-26(13-18-5-4-11-33-18)22(31)19(27(20)21(30)15-25(28)2)12-16-6-8-17(29)9-7-16/h3-9,11,19-20,29H,1,10,12-15H2,2H3,(H,24,32)/t19-,20-/m0/s1. The minimum Gasteiger partial charge on any atom is -0.508 e. The van der Waals surface area contributed by atoms with Gasteiger partial charge in [0.05, 0.1) is 25.9 Å². The molecule has 0 aliphatic carbocycles. The molecule has 1 aromatic heterocycles. The Kier molecular flexibility index (Phi) is 6.36. The summed E-state index contributed by atoms with van der Waals surface area (Å²) in [7, 11) is 1.67. The number of hydrogen-bond donors (Lipinski definition) is 2. The summed E-state index contributed by atoms with van der Waals surface area (Å²) in [6.07, 6.45) is 2.68. The van der Waals surface area contributed by atoms with E-state index in [1.807, 2.05) is 0 Å². The highest BCUT2D eigenvalue weighted by atomic mass is 16.3. The van der Waals surface area contributed by atoms with Gasteiger partial charge in [0.1, 0.15) is 23.7 Å². The van der Waals surface area contributed by atoms with Crippen molar-refractivity contribution >= 4 is 17.8 Å². The first-order chi connectivity index (χ1) is 15.9. The van der Waals surface area contributed by atoms with Gasteiger partial charge in [-0.3, -0.25) is 9.59 Å². The number of piperazine rings is 1. The molecule has 0 radical (unpaired) electrons. The Labute approximate surface area is 191 Å². The third-order valence-electron chi connectivity index (χ3n) is 5.84. The van der Waals surface area contributed by atoms with Crippen molar-refractivity contribution in [2.45, 2.75) is 25.2 Å². The fourth-order valence-corrected chi connectivity index (χ4v) is 4.33. The number of hydrazine groups is 1. The topological polar surface area (TPSA) is 110 Å². The molecule has 174 valence electrons. The maximum atomic E-state index is 13.5. The van der Waals surface area contributed by atoms with Gasteiger partial charge < -0.3 is 24.6 Å². The first kappa shape index (κ1) is 22.4. The molecule has 0 bridgehead atoms. The number of furan rings is 1. The van der Waals surface area contributed by atoms with Crippen LogP contribution in [0, 0.1) is 0 Å². The minimum absolute atomic E-state index is 0.0322. The number of carbonyl (C=O) groups is 3. The van der Waals surface area contributed by atoms with Crippen LogP contribution >= 0.6 is 0 Å². The van der Waals surface area contributed by atoms with Gasteiger partial charge in [-0.15, -0.1) is 6.58 Å². The van der Waals surface area contributed by atoms with Crippen LogP contribution in [0.3, 0.4) is 0 Å². The molecule has 1 aromatic carbocycles. The monoisotopic (exact) mass is 453 g/mol. The molecule has 2 atom stereocenters. The van der Waals surface area contributed by atoms with Crippen LogP contribution in [-0.4, -0.2) is 81.7 Å². The van der Waals surface area contributed by atoms with E-state index in [-0.39, 0.29) is 56.2 Å². The van der Waals surface area contributed by atoms with Crippen molar-refractivity contribution in [3.63, 3.8) is 0 Å². The van der Waals surface area contributed by atoms with Gasteiger partial charge in [-0.25, -0.2) is 14.8 Å².